The molecule has 2 rings (SSSR count). The molecule has 0 aliphatic heterocycles. The first-order valence-electron chi connectivity index (χ1n) is 4.73. The number of nitriles is 1. The van der Waals surface area contributed by atoms with Gasteiger partial charge in [0, 0.05) is 5.92 Å². The molecule has 1 fully saturated rings. The van der Waals surface area contributed by atoms with E-state index in [1.807, 2.05) is 19.9 Å². The van der Waals surface area contributed by atoms with Crippen molar-refractivity contribution in [2.45, 2.75) is 19.8 Å². The van der Waals surface area contributed by atoms with Crippen LogP contribution in [0.2, 0.25) is 0 Å². The van der Waals surface area contributed by atoms with Crippen LogP contribution in [0.5, 0.6) is 0 Å². The highest BCUT2D eigenvalue weighted by molar-refractivity contribution is 5.36. The standard InChI is InChI=1S/C12H12FN/c1-12(2)9(7-14)11(12)8-5-3-4-6-10(8)13/h3-6,9,11H,1-2H3. The second-order valence-electron chi connectivity index (χ2n) is 4.43. The van der Waals surface area contributed by atoms with Gasteiger partial charge in [0.2, 0.25) is 0 Å². The second kappa shape index (κ2) is 2.81. The van der Waals surface area contributed by atoms with Gasteiger partial charge < -0.3 is 0 Å². The van der Waals surface area contributed by atoms with Crippen LogP contribution in [0.25, 0.3) is 0 Å². The fourth-order valence-electron chi connectivity index (χ4n) is 2.19. The maximum Gasteiger partial charge on any atom is 0.126 e. The van der Waals surface area contributed by atoms with Crippen LogP contribution in [0.15, 0.2) is 24.3 Å². The molecule has 14 heavy (non-hydrogen) atoms. The Labute approximate surface area is 83.2 Å². The fraction of sp³-hybridized carbons (Fsp3) is 0.417. The molecule has 0 radical (unpaired) electrons. The molecule has 1 aromatic rings. The molecular weight excluding hydrogens is 177 g/mol. The van der Waals surface area contributed by atoms with Gasteiger partial charge in [0.25, 0.3) is 0 Å². The zero-order chi connectivity index (χ0) is 10.3. The van der Waals surface area contributed by atoms with Crippen molar-refractivity contribution in [3.05, 3.63) is 35.6 Å². The van der Waals surface area contributed by atoms with Crippen molar-refractivity contribution >= 4 is 0 Å². The van der Waals surface area contributed by atoms with Crippen molar-refractivity contribution in [2.24, 2.45) is 11.3 Å². The Morgan fingerprint density at radius 2 is 2.00 bits per heavy atom. The summed E-state index contributed by atoms with van der Waals surface area (Å²) in [6, 6.07) is 8.97. The number of benzene rings is 1. The molecule has 0 spiro atoms. The summed E-state index contributed by atoms with van der Waals surface area (Å²) in [6.07, 6.45) is 0. The normalized spacial score (nSPS) is 28.1. The minimum Gasteiger partial charge on any atom is -0.207 e. The van der Waals surface area contributed by atoms with E-state index in [1.165, 1.54) is 6.07 Å². The van der Waals surface area contributed by atoms with E-state index in [4.69, 9.17) is 5.26 Å². The van der Waals surface area contributed by atoms with Crippen molar-refractivity contribution in [1.29, 1.82) is 5.26 Å². The highest BCUT2D eigenvalue weighted by Gasteiger charge is 2.59. The number of hydrogen-bond donors (Lipinski definition) is 0. The first-order chi connectivity index (χ1) is 6.59. The van der Waals surface area contributed by atoms with E-state index in [-0.39, 0.29) is 23.1 Å². The van der Waals surface area contributed by atoms with Gasteiger partial charge in [-0.2, -0.15) is 5.26 Å². The minimum absolute atomic E-state index is 0.0422. The summed E-state index contributed by atoms with van der Waals surface area (Å²) >= 11 is 0. The molecule has 0 saturated heterocycles. The van der Waals surface area contributed by atoms with Gasteiger partial charge in [0.05, 0.1) is 12.0 Å². The highest BCUT2D eigenvalue weighted by Crippen LogP contribution is 2.64. The van der Waals surface area contributed by atoms with Gasteiger partial charge in [-0.3, -0.25) is 0 Å². The number of hydrogen-bond acceptors (Lipinski definition) is 1. The van der Waals surface area contributed by atoms with Crippen LogP contribution >= 0.6 is 0 Å². The summed E-state index contributed by atoms with van der Waals surface area (Å²) in [6.45, 7) is 4.02. The van der Waals surface area contributed by atoms with Crippen LogP contribution in [-0.4, -0.2) is 0 Å². The molecule has 0 bridgehead atoms. The van der Waals surface area contributed by atoms with Crippen LogP contribution in [0.4, 0.5) is 4.39 Å². The molecule has 0 N–H and O–H groups in total. The largest absolute Gasteiger partial charge is 0.207 e. The van der Waals surface area contributed by atoms with E-state index >= 15 is 0 Å². The van der Waals surface area contributed by atoms with Gasteiger partial charge in [-0.1, -0.05) is 32.0 Å². The number of rotatable bonds is 1. The van der Waals surface area contributed by atoms with Crippen molar-refractivity contribution in [3.8, 4) is 6.07 Å². The van der Waals surface area contributed by atoms with Crippen LogP contribution in [0, 0.1) is 28.5 Å². The highest BCUT2D eigenvalue weighted by atomic mass is 19.1. The zero-order valence-corrected chi connectivity index (χ0v) is 8.29. The number of halogens is 1. The van der Waals surface area contributed by atoms with Gasteiger partial charge >= 0.3 is 0 Å². The molecule has 2 unspecified atom stereocenters. The zero-order valence-electron chi connectivity index (χ0n) is 8.29. The SMILES string of the molecule is CC1(C)C(C#N)C1c1ccccc1F. The van der Waals surface area contributed by atoms with Crippen molar-refractivity contribution in [1.82, 2.24) is 0 Å². The van der Waals surface area contributed by atoms with E-state index in [2.05, 4.69) is 6.07 Å². The average Bonchev–Trinajstić information content (AvgIpc) is 2.69. The summed E-state index contributed by atoms with van der Waals surface area (Å²) in [5.74, 6) is -0.170. The van der Waals surface area contributed by atoms with E-state index in [9.17, 15) is 4.39 Å². The quantitative estimate of drug-likeness (QED) is 0.666. The van der Waals surface area contributed by atoms with Crippen LogP contribution in [-0.2, 0) is 0 Å². The van der Waals surface area contributed by atoms with Gasteiger partial charge in [-0.25, -0.2) is 4.39 Å². The minimum atomic E-state index is -0.191. The Hall–Kier alpha value is -1.36. The molecular formula is C12H12FN. The third-order valence-electron chi connectivity index (χ3n) is 3.21. The van der Waals surface area contributed by atoms with Gasteiger partial charge in [0.15, 0.2) is 0 Å². The molecule has 1 saturated carbocycles. The maximum atomic E-state index is 13.4. The number of nitrogens with zero attached hydrogens (tertiary/aromatic N) is 1. The molecule has 0 heterocycles. The molecule has 2 atom stereocenters. The lowest BCUT2D eigenvalue weighted by Gasteiger charge is -2.03. The monoisotopic (exact) mass is 189 g/mol. The van der Waals surface area contributed by atoms with E-state index < -0.39 is 0 Å². The lowest BCUT2D eigenvalue weighted by atomic mass is 10.0. The van der Waals surface area contributed by atoms with Crippen molar-refractivity contribution in [3.63, 3.8) is 0 Å². The van der Waals surface area contributed by atoms with E-state index in [0.717, 1.165) is 0 Å². The lowest BCUT2D eigenvalue weighted by molar-refractivity contribution is 0.570. The van der Waals surface area contributed by atoms with Gasteiger partial charge in [-0.05, 0) is 17.0 Å². The van der Waals surface area contributed by atoms with Gasteiger partial charge in [-0.15, -0.1) is 0 Å². The fourth-order valence-corrected chi connectivity index (χ4v) is 2.19. The predicted octanol–water partition coefficient (Wildman–Crippen LogP) is 3.09. The average molecular weight is 189 g/mol. The molecule has 1 aliphatic carbocycles. The summed E-state index contributed by atoms with van der Waals surface area (Å²) in [4.78, 5) is 0. The van der Waals surface area contributed by atoms with E-state index in [1.54, 1.807) is 12.1 Å². The van der Waals surface area contributed by atoms with Crippen LogP contribution in [0.1, 0.15) is 25.3 Å². The maximum absolute atomic E-state index is 13.4. The van der Waals surface area contributed by atoms with Crippen molar-refractivity contribution in [2.75, 3.05) is 0 Å². The molecule has 1 nitrogen and oxygen atoms in total. The van der Waals surface area contributed by atoms with Gasteiger partial charge in [0.1, 0.15) is 5.82 Å². The third kappa shape index (κ3) is 1.13. The Balaban J connectivity index is 2.37. The smallest absolute Gasteiger partial charge is 0.126 e. The Kier molecular flexibility index (Phi) is 1.85. The van der Waals surface area contributed by atoms with E-state index in [0.29, 0.717) is 5.56 Å². The first-order valence-corrected chi connectivity index (χ1v) is 4.73. The Bertz CT molecular complexity index is 403. The topological polar surface area (TPSA) is 23.8 Å². The molecule has 1 aromatic carbocycles. The second-order valence-corrected chi connectivity index (χ2v) is 4.43. The molecule has 2 heteroatoms. The summed E-state index contributed by atoms with van der Waals surface area (Å²) in [5.41, 5.74) is 0.612. The predicted molar refractivity (Wildman–Crippen MR) is 52.0 cm³/mol. The molecule has 72 valence electrons. The molecule has 1 aliphatic rings. The lowest BCUT2D eigenvalue weighted by Crippen LogP contribution is -1.92. The van der Waals surface area contributed by atoms with Crippen LogP contribution < -0.4 is 0 Å². The summed E-state index contributed by atoms with van der Waals surface area (Å²) < 4.78 is 13.4. The molecule has 0 amide bonds. The Morgan fingerprint density at radius 3 is 2.50 bits per heavy atom. The van der Waals surface area contributed by atoms with Crippen molar-refractivity contribution < 1.29 is 4.39 Å². The summed E-state index contributed by atoms with van der Waals surface area (Å²) in [7, 11) is 0. The van der Waals surface area contributed by atoms with Crippen LogP contribution in [0.3, 0.4) is 0 Å². The molecule has 0 aromatic heterocycles. The first kappa shape index (κ1) is 9.21. The third-order valence-corrected chi connectivity index (χ3v) is 3.21. The summed E-state index contributed by atoms with van der Waals surface area (Å²) in [5, 5.41) is 8.89. The Morgan fingerprint density at radius 1 is 1.36 bits per heavy atom.